The lowest BCUT2D eigenvalue weighted by atomic mass is 10.1. The maximum absolute atomic E-state index is 13.2. The summed E-state index contributed by atoms with van der Waals surface area (Å²) < 4.78 is 39.5. The number of carbonyl (C=O) groups is 1. The molecule has 0 radical (unpaired) electrons. The van der Waals surface area contributed by atoms with Crippen molar-refractivity contribution in [3.63, 3.8) is 0 Å². The van der Waals surface area contributed by atoms with E-state index in [1.165, 1.54) is 23.5 Å². The number of halogens is 4. The van der Waals surface area contributed by atoms with Gasteiger partial charge in [-0.1, -0.05) is 0 Å². The molecule has 2 heterocycles. The van der Waals surface area contributed by atoms with Crippen molar-refractivity contribution in [3.05, 3.63) is 40.7 Å². The Hall–Kier alpha value is -1.64. The monoisotopic (exact) mass is 405 g/mol. The molecule has 4 nitrogen and oxygen atoms in total. The lowest BCUT2D eigenvalue weighted by Crippen LogP contribution is -2.41. The molecule has 1 fully saturated rings. The van der Waals surface area contributed by atoms with Gasteiger partial charge in [-0.15, -0.1) is 23.7 Å². The molecule has 1 saturated heterocycles. The van der Waals surface area contributed by atoms with Crippen LogP contribution in [0.5, 0.6) is 0 Å². The quantitative estimate of drug-likeness (QED) is 0.812. The van der Waals surface area contributed by atoms with Crippen LogP contribution in [0.4, 0.5) is 13.2 Å². The van der Waals surface area contributed by atoms with Crippen LogP contribution >= 0.6 is 23.7 Å². The highest BCUT2D eigenvalue weighted by molar-refractivity contribution is 7.15. The molecule has 2 aromatic rings. The Bertz CT molecular complexity index is 782. The minimum absolute atomic E-state index is 0. The van der Waals surface area contributed by atoms with Gasteiger partial charge in [0.25, 0.3) is 5.92 Å². The van der Waals surface area contributed by atoms with Gasteiger partial charge in [-0.3, -0.25) is 10.1 Å². The molecule has 2 N–H and O–H groups in total. The average Bonchev–Trinajstić information content (AvgIpc) is 3.10. The summed E-state index contributed by atoms with van der Waals surface area (Å²) in [6.07, 6.45) is -0.492. The molecule has 1 aromatic carbocycles. The predicted molar refractivity (Wildman–Crippen MR) is 97.4 cm³/mol. The van der Waals surface area contributed by atoms with E-state index in [0.29, 0.717) is 0 Å². The van der Waals surface area contributed by atoms with Crippen LogP contribution in [-0.4, -0.2) is 29.4 Å². The van der Waals surface area contributed by atoms with Crippen molar-refractivity contribution in [3.8, 4) is 10.6 Å². The number of aromatic nitrogens is 1. The van der Waals surface area contributed by atoms with Crippen molar-refractivity contribution < 1.29 is 18.0 Å². The number of nitrogens with zero attached hydrogens (tertiary/aromatic N) is 1. The van der Waals surface area contributed by atoms with E-state index in [1.807, 2.05) is 6.92 Å². The Kier molecular flexibility index (Phi) is 6.31. The number of hydrogen-bond donors (Lipinski definition) is 2. The third kappa shape index (κ3) is 4.55. The van der Waals surface area contributed by atoms with Gasteiger partial charge < -0.3 is 5.32 Å². The highest BCUT2D eigenvalue weighted by Gasteiger charge is 2.42. The van der Waals surface area contributed by atoms with Crippen molar-refractivity contribution in [2.24, 2.45) is 0 Å². The van der Waals surface area contributed by atoms with E-state index in [4.69, 9.17) is 0 Å². The Balaban J connectivity index is 0.00000243. The van der Waals surface area contributed by atoms with Crippen molar-refractivity contribution in [2.75, 3.05) is 6.54 Å². The number of nitrogens with one attached hydrogen (secondary N) is 2. The van der Waals surface area contributed by atoms with Gasteiger partial charge in [0.05, 0.1) is 29.2 Å². The smallest absolute Gasteiger partial charge is 0.262 e. The maximum atomic E-state index is 13.2. The molecular formula is C17H19ClF3N3OS. The fourth-order valence-corrected chi connectivity index (χ4v) is 3.88. The molecule has 142 valence electrons. The Morgan fingerprint density at radius 3 is 2.62 bits per heavy atom. The molecule has 0 aliphatic carbocycles. The van der Waals surface area contributed by atoms with E-state index >= 15 is 0 Å². The molecule has 2 unspecified atom stereocenters. The van der Waals surface area contributed by atoms with E-state index < -0.39 is 30.8 Å². The van der Waals surface area contributed by atoms with Gasteiger partial charge in [0.2, 0.25) is 5.91 Å². The van der Waals surface area contributed by atoms with Crippen molar-refractivity contribution >= 4 is 29.7 Å². The second-order valence-corrected chi connectivity index (χ2v) is 7.23. The minimum Gasteiger partial charge on any atom is -0.347 e. The molecule has 0 spiro atoms. The fraction of sp³-hybridized carbons (Fsp3) is 0.412. The molecular weight excluding hydrogens is 387 g/mol. The first-order valence-electron chi connectivity index (χ1n) is 7.90. The summed E-state index contributed by atoms with van der Waals surface area (Å²) in [6, 6.07) is 4.78. The van der Waals surface area contributed by atoms with Gasteiger partial charge in [-0.05, 0) is 38.1 Å². The van der Waals surface area contributed by atoms with Gasteiger partial charge >= 0.3 is 0 Å². The van der Waals surface area contributed by atoms with Crippen molar-refractivity contribution in [2.45, 2.75) is 38.3 Å². The van der Waals surface area contributed by atoms with Crippen molar-refractivity contribution in [1.29, 1.82) is 0 Å². The number of benzene rings is 1. The van der Waals surface area contributed by atoms with Crippen LogP contribution in [0.25, 0.3) is 10.6 Å². The zero-order chi connectivity index (χ0) is 18.2. The van der Waals surface area contributed by atoms with Gasteiger partial charge in [-0.25, -0.2) is 18.2 Å². The molecule has 2 atom stereocenters. The molecule has 1 aromatic heterocycles. The first-order valence-corrected chi connectivity index (χ1v) is 8.72. The number of thiazole rings is 1. The van der Waals surface area contributed by atoms with Crippen LogP contribution in [0.15, 0.2) is 24.3 Å². The normalized spacial score (nSPS) is 19.7. The first-order chi connectivity index (χ1) is 11.7. The van der Waals surface area contributed by atoms with Crippen LogP contribution in [0.2, 0.25) is 0 Å². The summed E-state index contributed by atoms with van der Waals surface area (Å²) in [5.41, 5.74) is 1.54. The van der Waals surface area contributed by atoms with Crippen LogP contribution in [0.1, 0.15) is 30.0 Å². The van der Waals surface area contributed by atoms with E-state index in [-0.39, 0.29) is 24.3 Å². The predicted octanol–water partition coefficient (Wildman–Crippen LogP) is 3.85. The third-order valence-corrected chi connectivity index (χ3v) is 5.49. The zero-order valence-corrected chi connectivity index (χ0v) is 15.8. The molecule has 1 aliphatic rings. The molecule has 9 heteroatoms. The standard InChI is InChI=1S/C17H18F3N3OS.ClH/c1-9(22-15(24)13-7-17(19,20)8-21-13)14-10(2)23-16(25-14)11-3-5-12(18)6-4-11;/h3-6,9,13,21H,7-8H2,1-2H3,(H,22,24);1H. The lowest BCUT2D eigenvalue weighted by Gasteiger charge is -2.16. The van der Waals surface area contributed by atoms with Crippen LogP contribution < -0.4 is 10.6 Å². The van der Waals surface area contributed by atoms with E-state index in [0.717, 1.165) is 21.1 Å². The van der Waals surface area contributed by atoms with E-state index in [2.05, 4.69) is 15.6 Å². The van der Waals surface area contributed by atoms with E-state index in [9.17, 15) is 18.0 Å². The highest BCUT2D eigenvalue weighted by Crippen LogP contribution is 2.32. The van der Waals surface area contributed by atoms with Gasteiger partial charge in [0.1, 0.15) is 10.8 Å². The molecule has 0 saturated carbocycles. The average molecular weight is 406 g/mol. The summed E-state index contributed by atoms with van der Waals surface area (Å²) in [5, 5.41) is 6.03. The molecule has 1 aliphatic heterocycles. The minimum atomic E-state index is -2.85. The number of alkyl halides is 2. The fourth-order valence-electron chi connectivity index (χ4n) is 2.81. The Morgan fingerprint density at radius 1 is 1.38 bits per heavy atom. The van der Waals surface area contributed by atoms with Crippen LogP contribution in [0, 0.1) is 12.7 Å². The highest BCUT2D eigenvalue weighted by atomic mass is 35.5. The second kappa shape index (κ2) is 7.94. The van der Waals surface area contributed by atoms with Gasteiger partial charge in [-0.2, -0.15) is 0 Å². The number of amides is 1. The van der Waals surface area contributed by atoms with Crippen molar-refractivity contribution in [1.82, 2.24) is 15.6 Å². The second-order valence-electron chi connectivity index (χ2n) is 6.20. The van der Waals surface area contributed by atoms with E-state index in [1.54, 1.807) is 19.1 Å². The Labute approximate surface area is 159 Å². The molecule has 3 rings (SSSR count). The first kappa shape index (κ1) is 20.7. The summed E-state index contributed by atoms with van der Waals surface area (Å²) in [7, 11) is 0. The third-order valence-electron chi connectivity index (χ3n) is 4.10. The molecule has 1 amide bonds. The SMILES string of the molecule is Cc1nc(-c2ccc(F)cc2)sc1C(C)NC(=O)C1CC(F)(F)CN1.Cl. The maximum Gasteiger partial charge on any atom is 0.262 e. The van der Waals surface area contributed by atoms with Gasteiger partial charge in [0.15, 0.2) is 0 Å². The Morgan fingerprint density at radius 2 is 2.04 bits per heavy atom. The molecule has 26 heavy (non-hydrogen) atoms. The molecule has 0 bridgehead atoms. The summed E-state index contributed by atoms with van der Waals surface area (Å²) >= 11 is 1.39. The van der Waals surface area contributed by atoms with Gasteiger partial charge in [0, 0.05) is 12.0 Å². The zero-order valence-electron chi connectivity index (χ0n) is 14.2. The van der Waals surface area contributed by atoms with Crippen LogP contribution in [0.3, 0.4) is 0 Å². The number of aryl methyl sites for hydroxylation is 1. The largest absolute Gasteiger partial charge is 0.347 e. The van der Waals surface area contributed by atoms with Crippen LogP contribution in [-0.2, 0) is 4.79 Å². The lowest BCUT2D eigenvalue weighted by molar-refractivity contribution is -0.124. The summed E-state index contributed by atoms with van der Waals surface area (Å²) in [5.74, 6) is -3.61. The number of rotatable bonds is 4. The summed E-state index contributed by atoms with van der Waals surface area (Å²) in [6.45, 7) is 3.14. The topological polar surface area (TPSA) is 54.0 Å². The number of hydrogen-bond acceptors (Lipinski definition) is 4. The number of carbonyl (C=O) groups excluding carboxylic acids is 1. The summed E-state index contributed by atoms with van der Waals surface area (Å²) in [4.78, 5) is 17.5.